The highest BCUT2D eigenvalue weighted by molar-refractivity contribution is 5.92. The number of hydrogen-bond acceptors (Lipinski definition) is 5. The molecule has 0 fully saturated rings. The van der Waals surface area contributed by atoms with Crippen LogP contribution in [0.5, 0.6) is 0 Å². The molecular formula is C12H21N3O3. The molecule has 0 radical (unpaired) electrons. The van der Waals surface area contributed by atoms with E-state index in [-0.39, 0.29) is 23.6 Å². The van der Waals surface area contributed by atoms with Crippen LogP contribution in [-0.4, -0.2) is 34.5 Å². The molecule has 2 N–H and O–H groups in total. The van der Waals surface area contributed by atoms with Gasteiger partial charge in [0.2, 0.25) is 0 Å². The molecule has 0 saturated heterocycles. The molecule has 1 aromatic heterocycles. The van der Waals surface area contributed by atoms with Crippen LogP contribution < -0.4 is 5.32 Å². The fraction of sp³-hybridized carbons (Fsp3) is 0.750. The standard InChI is InChI=1S/C12H21N3O3/c1-4-12(5-2,6-7-16)8-13-11(17)10-9(3)14-18-15-10/h16H,4-8H2,1-3H3,(H,13,17). The van der Waals surface area contributed by atoms with Gasteiger partial charge in [0, 0.05) is 13.2 Å². The van der Waals surface area contributed by atoms with Crippen LogP contribution >= 0.6 is 0 Å². The fourth-order valence-corrected chi connectivity index (χ4v) is 1.97. The summed E-state index contributed by atoms with van der Waals surface area (Å²) < 4.78 is 4.50. The van der Waals surface area contributed by atoms with E-state index in [1.54, 1.807) is 6.92 Å². The predicted molar refractivity (Wildman–Crippen MR) is 66.1 cm³/mol. The van der Waals surface area contributed by atoms with Crippen molar-refractivity contribution in [2.75, 3.05) is 13.2 Å². The second-order valence-electron chi connectivity index (χ2n) is 4.56. The molecule has 1 heterocycles. The van der Waals surface area contributed by atoms with Crippen molar-refractivity contribution in [2.45, 2.75) is 40.0 Å². The van der Waals surface area contributed by atoms with Gasteiger partial charge in [0.25, 0.3) is 5.91 Å². The average molecular weight is 255 g/mol. The molecular weight excluding hydrogens is 234 g/mol. The summed E-state index contributed by atoms with van der Waals surface area (Å²) in [5, 5.41) is 19.1. The van der Waals surface area contributed by atoms with Gasteiger partial charge in [-0.3, -0.25) is 4.79 Å². The van der Waals surface area contributed by atoms with E-state index in [2.05, 4.69) is 34.1 Å². The Balaban J connectivity index is 2.63. The molecule has 1 rings (SSSR count). The summed E-state index contributed by atoms with van der Waals surface area (Å²) >= 11 is 0. The minimum Gasteiger partial charge on any atom is -0.396 e. The molecule has 0 aliphatic carbocycles. The lowest BCUT2D eigenvalue weighted by Gasteiger charge is -2.31. The first-order chi connectivity index (χ1) is 8.58. The zero-order valence-corrected chi connectivity index (χ0v) is 11.2. The van der Waals surface area contributed by atoms with Crippen LogP contribution in [0.15, 0.2) is 4.63 Å². The molecule has 18 heavy (non-hydrogen) atoms. The predicted octanol–water partition coefficient (Wildman–Crippen LogP) is 1.30. The molecule has 6 nitrogen and oxygen atoms in total. The van der Waals surface area contributed by atoms with Gasteiger partial charge in [-0.05, 0) is 36.8 Å². The van der Waals surface area contributed by atoms with Crippen molar-refractivity contribution in [1.29, 1.82) is 0 Å². The molecule has 0 aliphatic heterocycles. The largest absolute Gasteiger partial charge is 0.396 e. The summed E-state index contributed by atoms with van der Waals surface area (Å²) in [7, 11) is 0. The second-order valence-corrected chi connectivity index (χ2v) is 4.56. The first-order valence-corrected chi connectivity index (χ1v) is 6.26. The van der Waals surface area contributed by atoms with Gasteiger partial charge in [0.15, 0.2) is 5.69 Å². The van der Waals surface area contributed by atoms with Crippen molar-refractivity contribution in [3.05, 3.63) is 11.4 Å². The Kier molecular flexibility index (Phi) is 5.27. The van der Waals surface area contributed by atoms with Gasteiger partial charge >= 0.3 is 0 Å². The molecule has 0 atom stereocenters. The monoisotopic (exact) mass is 255 g/mol. The van der Waals surface area contributed by atoms with Crippen LogP contribution in [0.25, 0.3) is 0 Å². The Labute approximate surface area is 107 Å². The Morgan fingerprint density at radius 2 is 2.06 bits per heavy atom. The summed E-state index contributed by atoms with van der Waals surface area (Å²) in [4.78, 5) is 11.9. The van der Waals surface area contributed by atoms with Crippen molar-refractivity contribution >= 4 is 5.91 Å². The van der Waals surface area contributed by atoms with Crippen molar-refractivity contribution < 1.29 is 14.5 Å². The highest BCUT2D eigenvalue weighted by Gasteiger charge is 2.27. The van der Waals surface area contributed by atoms with Crippen molar-refractivity contribution in [1.82, 2.24) is 15.6 Å². The van der Waals surface area contributed by atoms with Crippen LogP contribution in [0.1, 0.15) is 49.3 Å². The molecule has 1 aromatic rings. The molecule has 0 spiro atoms. The maximum absolute atomic E-state index is 11.9. The molecule has 0 aromatic carbocycles. The number of aliphatic hydroxyl groups excluding tert-OH is 1. The van der Waals surface area contributed by atoms with Crippen molar-refractivity contribution in [2.24, 2.45) is 5.41 Å². The van der Waals surface area contributed by atoms with Crippen LogP contribution in [0, 0.1) is 12.3 Å². The SMILES string of the molecule is CCC(CC)(CCO)CNC(=O)c1nonc1C. The molecule has 1 amide bonds. The topological polar surface area (TPSA) is 88.2 Å². The van der Waals surface area contributed by atoms with Crippen LogP contribution in [0.2, 0.25) is 0 Å². The number of rotatable bonds is 7. The lowest BCUT2D eigenvalue weighted by Crippen LogP contribution is -2.38. The number of nitrogens with one attached hydrogen (secondary N) is 1. The van der Waals surface area contributed by atoms with E-state index >= 15 is 0 Å². The van der Waals surface area contributed by atoms with E-state index in [1.165, 1.54) is 0 Å². The van der Waals surface area contributed by atoms with Gasteiger partial charge in [-0.25, -0.2) is 4.63 Å². The number of aryl methyl sites for hydroxylation is 1. The van der Waals surface area contributed by atoms with Gasteiger partial charge < -0.3 is 10.4 Å². The Bertz CT molecular complexity index is 386. The highest BCUT2D eigenvalue weighted by atomic mass is 16.6. The van der Waals surface area contributed by atoms with Crippen molar-refractivity contribution in [3.8, 4) is 0 Å². The Morgan fingerprint density at radius 1 is 1.39 bits per heavy atom. The molecule has 0 unspecified atom stereocenters. The minimum absolute atomic E-state index is 0.0600. The number of carbonyl (C=O) groups is 1. The van der Waals surface area contributed by atoms with Crippen molar-refractivity contribution in [3.63, 3.8) is 0 Å². The van der Waals surface area contributed by atoms with Crippen LogP contribution in [0.3, 0.4) is 0 Å². The number of aliphatic hydroxyl groups is 1. The third-order valence-electron chi connectivity index (χ3n) is 3.63. The van der Waals surface area contributed by atoms with Gasteiger partial charge in [-0.1, -0.05) is 19.0 Å². The molecule has 0 aliphatic rings. The van der Waals surface area contributed by atoms with E-state index in [0.717, 1.165) is 12.8 Å². The van der Waals surface area contributed by atoms with Gasteiger partial charge in [0.05, 0.1) is 0 Å². The first-order valence-electron chi connectivity index (χ1n) is 6.26. The fourth-order valence-electron chi connectivity index (χ4n) is 1.97. The Hall–Kier alpha value is -1.43. The quantitative estimate of drug-likeness (QED) is 0.766. The van der Waals surface area contributed by atoms with Crippen LogP contribution in [0.4, 0.5) is 0 Å². The summed E-state index contributed by atoms with van der Waals surface area (Å²) in [6.07, 6.45) is 2.48. The lowest BCUT2D eigenvalue weighted by molar-refractivity contribution is 0.0897. The van der Waals surface area contributed by atoms with Gasteiger partial charge in [-0.2, -0.15) is 0 Å². The minimum atomic E-state index is -0.280. The van der Waals surface area contributed by atoms with Gasteiger partial charge in [0.1, 0.15) is 5.69 Å². The normalized spacial score (nSPS) is 11.6. The van der Waals surface area contributed by atoms with Gasteiger partial charge in [-0.15, -0.1) is 0 Å². The molecule has 0 saturated carbocycles. The maximum atomic E-state index is 11.9. The summed E-state index contributed by atoms with van der Waals surface area (Å²) in [5.74, 6) is -0.280. The average Bonchev–Trinajstić information content (AvgIpc) is 2.80. The van der Waals surface area contributed by atoms with E-state index in [4.69, 9.17) is 5.11 Å². The van der Waals surface area contributed by atoms with E-state index in [9.17, 15) is 4.79 Å². The molecule has 6 heteroatoms. The first kappa shape index (κ1) is 14.6. The summed E-state index contributed by atoms with van der Waals surface area (Å²) in [6.45, 7) is 6.45. The number of nitrogens with zero attached hydrogens (tertiary/aromatic N) is 2. The van der Waals surface area contributed by atoms with E-state index in [1.807, 2.05) is 0 Å². The maximum Gasteiger partial charge on any atom is 0.275 e. The number of carbonyl (C=O) groups excluding carboxylic acids is 1. The van der Waals surface area contributed by atoms with Crippen LogP contribution in [-0.2, 0) is 0 Å². The lowest BCUT2D eigenvalue weighted by atomic mass is 9.79. The number of hydrogen-bond donors (Lipinski definition) is 2. The molecule has 0 bridgehead atoms. The van der Waals surface area contributed by atoms with E-state index < -0.39 is 0 Å². The number of aromatic nitrogens is 2. The Morgan fingerprint density at radius 3 is 2.50 bits per heavy atom. The second kappa shape index (κ2) is 6.49. The zero-order valence-electron chi connectivity index (χ0n) is 11.2. The van der Waals surface area contributed by atoms with E-state index in [0.29, 0.717) is 18.7 Å². The summed E-state index contributed by atoms with van der Waals surface area (Å²) in [6, 6.07) is 0. The number of amides is 1. The highest BCUT2D eigenvalue weighted by Crippen LogP contribution is 2.29. The third kappa shape index (κ3) is 3.29. The smallest absolute Gasteiger partial charge is 0.275 e. The zero-order chi connectivity index (χ0) is 13.6. The summed E-state index contributed by atoms with van der Waals surface area (Å²) in [5.41, 5.74) is 0.642. The third-order valence-corrected chi connectivity index (χ3v) is 3.63. The molecule has 102 valence electrons.